The molecule has 1 aliphatic rings. The van der Waals surface area contributed by atoms with Crippen LogP contribution in [-0.4, -0.2) is 25.5 Å². The molecule has 1 atom stereocenters. The first-order chi connectivity index (χ1) is 6.92. The van der Waals surface area contributed by atoms with E-state index in [9.17, 15) is 8.42 Å². The fourth-order valence-electron chi connectivity index (χ4n) is 2.11. The molecule has 0 aromatic rings. The topological polar surface area (TPSA) is 60.2 Å². The maximum Gasteiger partial charge on any atom is 0.153 e. The Bertz CT molecular complexity index is 277. The van der Waals surface area contributed by atoms with Crippen LogP contribution in [0.4, 0.5) is 0 Å². The van der Waals surface area contributed by atoms with Gasteiger partial charge in [0.05, 0.1) is 11.0 Å². The largest absolute Gasteiger partial charge is 0.328 e. The Morgan fingerprint density at radius 2 is 1.80 bits per heavy atom. The summed E-state index contributed by atoms with van der Waals surface area (Å²) in [7, 11) is -2.88. The molecular formula is C11H23NO2S. The average Bonchev–Trinajstić information content (AvgIpc) is 2.16. The molecular weight excluding hydrogens is 210 g/mol. The highest BCUT2D eigenvalue weighted by Gasteiger charge is 2.29. The molecule has 0 spiro atoms. The number of hydrogen-bond acceptors (Lipinski definition) is 3. The van der Waals surface area contributed by atoms with Crippen molar-refractivity contribution in [3.63, 3.8) is 0 Å². The van der Waals surface area contributed by atoms with Crippen LogP contribution in [0.1, 0.15) is 46.0 Å². The summed E-state index contributed by atoms with van der Waals surface area (Å²) in [6.07, 6.45) is 4.41. The zero-order chi connectivity index (χ0) is 11.5. The van der Waals surface area contributed by atoms with E-state index in [1.807, 2.05) is 6.92 Å². The molecule has 3 nitrogen and oxygen atoms in total. The van der Waals surface area contributed by atoms with E-state index in [0.717, 1.165) is 25.7 Å². The number of rotatable bonds is 4. The van der Waals surface area contributed by atoms with E-state index in [2.05, 4.69) is 6.92 Å². The van der Waals surface area contributed by atoms with Crippen molar-refractivity contribution in [3.05, 3.63) is 0 Å². The van der Waals surface area contributed by atoms with E-state index in [1.54, 1.807) is 0 Å². The molecule has 4 heteroatoms. The predicted molar refractivity (Wildman–Crippen MR) is 63.5 cm³/mol. The molecule has 1 aliphatic carbocycles. The minimum Gasteiger partial charge on any atom is -0.328 e. The van der Waals surface area contributed by atoms with Crippen LogP contribution < -0.4 is 5.73 Å². The summed E-state index contributed by atoms with van der Waals surface area (Å²) >= 11 is 0. The van der Waals surface area contributed by atoms with Gasteiger partial charge in [0.1, 0.15) is 0 Å². The Morgan fingerprint density at radius 3 is 2.27 bits per heavy atom. The maximum absolute atomic E-state index is 11.9. The second-order valence-electron chi connectivity index (χ2n) is 5.01. The monoisotopic (exact) mass is 233 g/mol. The van der Waals surface area contributed by atoms with Gasteiger partial charge < -0.3 is 5.73 Å². The second kappa shape index (κ2) is 5.30. The van der Waals surface area contributed by atoms with Crippen LogP contribution in [0.15, 0.2) is 0 Å². The van der Waals surface area contributed by atoms with Gasteiger partial charge in [0, 0.05) is 6.04 Å². The summed E-state index contributed by atoms with van der Waals surface area (Å²) in [5.41, 5.74) is 5.59. The van der Waals surface area contributed by atoms with Crippen LogP contribution in [0.2, 0.25) is 0 Å². The van der Waals surface area contributed by atoms with Gasteiger partial charge in [-0.3, -0.25) is 0 Å². The quantitative estimate of drug-likeness (QED) is 0.804. The molecule has 90 valence electrons. The van der Waals surface area contributed by atoms with Crippen LogP contribution in [-0.2, 0) is 9.84 Å². The smallest absolute Gasteiger partial charge is 0.153 e. The Kier molecular flexibility index (Phi) is 4.59. The molecule has 1 unspecified atom stereocenters. The first-order valence-corrected chi connectivity index (χ1v) is 7.60. The fourth-order valence-corrected chi connectivity index (χ4v) is 4.13. The standard InChI is InChI=1S/C11H23NO2S/c1-9-3-5-11(6-4-9)15(13,14)8-7-10(2)12/h9-11H,3-8,12H2,1-2H3. The Balaban J connectivity index is 2.47. The average molecular weight is 233 g/mol. The van der Waals surface area contributed by atoms with E-state index in [1.165, 1.54) is 0 Å². The molecule has 1 rings (SSSR count). The molecule has 0 amide bonds. The minimum absolute atomic E-state index is 0.0118. The van der Waals surface area contributed by atoms with Crippen molar-refractivity contribution < 1.29 is 8.42 Å². The SMILES string of the molecule is CC(N)CCS(=O)(=O)C1CCC(C)CC1. The van der Waals surface area contributed by atoms with Gasteiger partial charge in [-0.05, 0) is 44.9 Å². The summed E-state index contributed by atoms with van der Waals surface area (Å²) < 4.78 is 23.9. The van der Waals surface area contributed by atoms with Crippen molar-refractivity contribution >= 4 is 9.84 Å². The van der Waals surface area contributed by atoms with Crippen molar-refractivity contribution in [2.45, 2.75) is 57.2 Å². The number of hydrogen-bond donors (Lipinski definition) is 1. The lowest BCUT2D eigenvalue weighted by atomic mass is 9.91. The van der Waals surface area contributed by atoms with E-state index >= 15 is 0 Å². The predicted octanol–water partition coefficient (Wildman–Crippen LogP) is 1.72. The van der Waals surface area contributed by atoms with Gasteiger partial charge in [-0.2, -0.15) is 0 Å². The van der Waals surface area contributed by atoms with Crippen molar-refractivity contribution in [1.29, 1.82) is 0 Å². The van der Waals surface area contributed by atoms with E-state index in [0.29, 0.717) is 12.3 Å². The van der Waals surface area contributed by atoms with Crippen molar-refractivity contribution in [2.75, 3.05) is 5.75 Å². The lowest BCUT2D eigenvalue weighted by Crippen LogP contribution is -2.30. The molecule has 0 aromatic carbocycles. The van der Waals surface area contributed by atoms with Gasteiger partial charge >= 0.3 is 0 Å². The third-order valence-electron chi connectivity index (χ3n) is 3.33. The van der Waals surface area contributed by atoms with Gasteiger partial charge in [0.15, 0.2) is 9.84 Å². The van der Waals surface area contributed by atoms with Crippen molar-refractivity contribution in [2.24, 2.45) is 11.7 Å². The molecule has 15 heavy (non-hydrogen) atoms. The normalized spacial score (nSPS) is 30.1. The maximum atomic E-state index is 11.9. The van der Waals surface area contributed by atoms with Crippen LogP contribution in [0.5, 0.6) is 0 Å². The molecule has 0 heterocycles. The van der Waals surface area contributed by atoms with Gasteiger partial charge in [-0.25, -0.2) is 8.42 Å². The van der Waals surface area contributed by atoms with E-state index in [4.69, 9.17) is 5.73 Å². The van der Waals surface area contributed by atoms with Gasteiger partial charge in [-0.15, -0.1) is 0 Å². The zero-order valence-electron chi connectivity index (χ0n) is 9.78. The Hall–Kier alpha value is -0.0900. The lowest BCUT2D eigenvalue weighted by molar-refractivity contribution is 0.382. The molecule has 1 saturated carbocycles. The van der Waals surface area contributed by atoms with Crippen LogP contribution in [0.25, 0.3) is 0 Å². The molecule has 0 saturated heterocycles. The highest BCUT2D eigenvalue weighted by molar-refractivity contribution is 7.92. The first kappa shape index (κ1) is 13.0. The minimum atomic E-state index is -2.88. The highest BCUT2D eigenvalue weighted by atomic mass is 32.2. The Morgan fingerprint density at radius 1 is 1.27 bits per heavy atom. The lowest BCUT2D eigenvalue weighted by Gasteiger charge is -2.26. The summed E-state index contributed by atoms with van der Waals surface area (Å²) in [5.74, 6) is 0.967. The van der Waals surface area contributed by atoms with Crippen molar-refractivity contribution in [3.8, 4) is 0 Å². The Labute approximate surface area is 93.3 Å². The van der Waals surface area contributed by atoms with E-state index < -0.39 is 9.84 Å². The highest BCUT2D eigenvalue weighted by Crippen LogP contribution is 2.28. The zero-order valence-corrected chi connectivity index (χ0v) is 10.6. The fraction of sp³-hybridized carbons (Fsp3) is 1.00. The van der Waals surface area contributed by atoms with Gasteiger partial charge in [-0.1, -0.05) is 6.92 Å². The van der Waals surface area contributed by atoms with Gasteiger partial charge in [0.25, 0.3) is 0 Å². The molecule has 0 aromatic heterocycles. The third-order valence-corrected chi connectivity index (χ3v) is 5.62. The number of sulfone groups is 1. The van der Waals surface area contributed by atoms with Crippen LogP contribution >= 0.6 is 0 Å². The van der Waals surface area contributed by atoms with E-state index in [-0.39, 0.29) is 17.0 Å². The summed E-state index contributed by atoms with van der Waals surface area (Å²) in [6.45, 7) is 4.06. The first-order valence-electron chi connectivity index (χ1n) is 5.89. The molecule has 0 radical (unpaired) electrons. The van der Waals surface area contributed by atoms with Crippen LogP contribution in [0.3, 0.4) is 0 Å². The molecule has 2 N–H and O–H groups in total. The summed E-state index contributed by atoms with van der Waals surface area (Å²) in [4.78, 5) is 0. The summed E-state index contributed by atoms with van der Waals surface area (Å²) in [6, 6.07) is -0.0118. The number of nitrogens with two attached hydrogens (primary N) is 1. The molecule has 1 fully saturated rings. The van der Waals surface area contributed by atoms with Crippen molar-refractivity contribution in [1.82, 2.24) is 0 Å². The van der Waals surface area contributed by atoms with Gasteiger partial charge in [0.2, 0.25) is 0 Å². The third kappa shape index (κ3) is 4.11. The molecule has 0 aliphatic heterocycles. The summed E-state index contributed by atoms with van der Waals surface area (Å²) in [5, 5.41) is -0.0903. The van der Waals surface area contributed by atoms with Crippen LogP contribution in [0, 0.1) is 5.92 Å². The molecule has 0 bridgehead atoms. The second-order valence-corrected chi connectivity index (χ2v) is 7.42.